The van der Waals surface area contributed by atoms with Gasteiger partial charge in [0.1, 0.15) is 0 Å². The fraction of sp³-hybridized carbons (Fsp3) is 1.00. The minimum absolute atomic E-state index is 0. The SMILES string of the molecule is C1CC(N2CCC[N-]2)[N-]C(N2CCC[N-]2)C1.[Cl-].[Cl-].[Ni]. The molecule has 8 heteroatoms. The van der Waals surface area contributed by atoms with Crippen LogP contribution in [0.2, 0.25) is 0 Å². The summed E-state index contributed by atoms with van der Waals surface area (Å²) in [7, 11) is 0. The molecule has 0 aromatic rings. The number of nitrogens with zero attached hydrogens (tertiary/aromatic N) is 5. The molecule has 0 radical (unpaired) electrons. The third-order valence-corrected chi connectivity index (χ3v) is 3.61. The molecule has 19 heavy (non-hydrogen) atoms. The van der Waals surface area contributed by atoms with Crippen LogP contribution in [0.15, 0.2) is 0 Å². The summed E-state index contributed by atoms with van der Waals surface area (Å²) in [6.45, 7) is 4.17. The Morgan fingerprint density at radius 1 is 0.737 bits per heavy atom. The summed E-state index contributed by atoms with van der Waals surface area (Å²) < 4.78 is 0. The predicted molar refractivity (Wildman–Crippen MR) is 63.9 cm³/mol. The van der Waals surface area contributed by atoms with Crippen molar-refractivity contribution >= 4 is 0 Å². The van der Waals surface area contributed by atoms with Crippen molar-refractivity contribution in [1.82, 2.24) is 10.0 Å². The summed E-state index contributed by atoms with van der Waals surface area (Å²) in [5.74, 6) is 0. The van der Waals surface area contributed by atoms with Crippen molar-refractivity contribution in [2.45, 2.75) is 44.4 Å². The average molecular weight is 352 g/mol. The van der Waals surface area contributed by atoms with Crippen LogP contribution in [0.3, 0.4) is 0 Å². The Kier molecular flexibility index (Phi) is 10.2. The second-order valence-electron chi connectivity index (χ2n) is 4.80. The summed E-state index contributed by atoms with van der Waals surface area (Å²) in [5, 5.41) is 9.30. The fourth-order valence-electron chi connectivity index (χ4n) is 2.77. The molecule has 5 nitrogen and oxygen atoms in total. The summed E-state index contributed by atoms with van der Waals surface area (Å²) >= 11 is 0. The molecule has 0 spiro atoms. The number of hydrogen-bond donors (Lipinski definition) is 0. The first-order valence-electron chi connectivity index (χ1n) is 6.51. The monoisotopic (exact) mass is 350 g/mol. The van der Waals surface area contributed by atoms with E-state index in [4.69, 9.17) is 5.32 Å². The van der Waals surface area contributed by atoms with Gasteiger partial charge in [-0.15, -0.1) is 25.4 Å². The van der Waals surface area contributed by atoms with E-state index in [1.807, 2.05) is 0 Å². The van der Waals surface area contributed by atoms with E-state index in [1.54, 1.807) is 0 Å². The zero-order valence-electron chi connectivity index (χ0n) is 10.8. The van der Waals surface area contributed by atoms with Crippen LogP contribution in [0.4, 0.5) is 0 Å². The van der Waals surface area contributed by atoms with Crippen LogP contribution in [0.1, 0.15) is 32.1 Å². The Balaban J connectivity index is 0.00000108. The number of piperidine rings is 1. The molecule has 3 rings (SSSR count). The van der Waals surface area contributed by atoms with Gasteiger partial charge in [0, 0.05) is 16.5 Å². The number of halogens is 2. The van der Waals surface area contributed by atoms with Gasteiger partial charge in [0.05, 0.1) is 0 Å². The first-order valence-corrected chi connectivity index (χ1v) is 6.51. The molecular formula is C11H20Cl2N5Ni-5. The van der Waals surface area contributed by atoms with Gasteiger partial charge in [0.15, 0.2) is 0 Å². The predicted octanol–water partition coefficient (Wildman–Crippen LogP) is -3.81. The van der Waals surface area contributed by atoms with Crippen LogP contribution in [-0.4, -0.2) is 48.5 Å². The minimum atomic E-state index is 0. The van der Waals surface area contributed by atoms with Gasteiger partial charge in [-0.25, -0.2) is 0 Å². The van der Waals surface area contributed by atoms with Gasteiger partial charge < -0.3 is 51.0 Å². The number of hydrogen-bond acceptors (Lipinski definition) is 2. The molecule has 0 aromatic heterocycles. The molecule has 3 aliphatic heterocycles. The second kappa shape index (κ2) is 9.75. The Bertz CT molecular complexity index is 215. The first kappa shape index (κ1) is 19.9. The van der Waals surface area contributed by atoms with E-state index in [-0.39, 0.29) is 41.3 Å². The van der Waals surface area contributed by atoms with Gasteiger partial charge in [0.25, 0.3) is 0 Å². The Hall–Kier alpha value is 0.874. The molecule has 0 aromatic carbocycles. The molecule has 0 amide bonds. The van der Waals surface area contributed by atoms with E-state index >= 15 is 0 Å². The largest absolute Gasteiger partial charge is 1.00 e. The van der Waals surface area contributed by atoms with Crippen LogP contribution >= 0.6 is 0 Å². The molecule has 3 aliphatic rings. The van der Waals surface area contributed by atoms with E-state index in [9.17, 15) is 0 Å². The zero-order valence-corrected chi connectivity index (χ0v) is 13.3. The standard InChI is InChI=1S/C11H20N5.2ClH.Ni/c1-4-10(15-8-2-6-12-15)14-11(5-1)16-9-3-7-13-16;;;/h10-11H,1-9H2;2*1H;/q-3;;;/p-2. The van der Waals surface area contributed by atoms with Crippen molar-refractivity contribution in [2.75, 3.05) is 26.2 Å². The average Bonchev–Trinajstić information content (AvgIpc) is 3.03. The summed E-state index contributed by atoms with van der Waals surface area (Å²) in [5.41, 5.74) is 9.02. The maximum atomic E-state index is 4.91. The van der Waals surface area contributed by atoms with Gasteiger partial charge in [-0.1, -0.05) is 32.1 Å². The van der Waals surface area contributed by atoms with Crippen LogP contribution in [0, 0.1) is 0 Å². The Labute approximate surface area is 138 Å². The van der Waals surface area contributed by atoms with E-state index in [2.05, 4.69) is 20.9 Å². The van der Waals surface area contributed by atoms with E-state index < -0.39 is 0 Å². The third-order valence-electron chi connectivity index (χ3n) is 3.61. The molecule has 0 bridgehead atoms. The molecule has 3 saturated heterocycles. The topological polar surface area (TPSA) is 48.8 Å². The van der Waals surface area contributed by atoms with Crippen LogP contribution < -0.4 is 24.8 Å². The van der Waals surface area contributed by atoms with Gasteiger partial charge in [0.2, 0.25) is 0 Å². The molecule has 118 valence electrons. The van der Waals surface area contributed by atoms with Crippen molar-refractivity contribution < 1.29 is 41.3 Å². The molecule has 2 unspecified atom stereocenters. The molecule has 0 aliphatic carbocycles. The molecule has 0 saturated carbocycles. The quantitative estimate of drug-likeness (QED) is 0.479. The summed E-state index contributed by atoms with van der Waals surface area (Å²) in [6, 6.07) is 0. The minimum Gasteiger partial charge on any atom is -1.00 e. The van der Waals surface area contributed by atoms with Gasteiger partial charge in [-0.3, -0.25) is 0 Å². The molecule has 0 N–H and O–H groups in total. The smallest absolute Gasteiger partial charge is 0 e. The van der Waals surface area contributed by atoms with Crippen LogP contribution in [0.25, 0.3) is 16.2 Å². The van der Waals surface area contributed by atoms with Crippen molar-refractivity contribution in [1.29, 1.82) is 0 Å². The maximum Gasteiger partial charge on any atom is 0 e. The van der Waals surface area contributed by atoms with Gasteiger partial charge in [-0.2, -0.15) is 0 Å². The zero-order chi connectivity index (χ0) is 10.8. The fourth-order valence-corrected chi connectivity index (χ4v) is 2.77. The van der Waals surface area contributed by atoms with Gasteiger partial charge >= 0.3 is 0 Å². The normalized spacial score (nSPS) is 32.2. The summed E-state index contributed by atoms with van der Waals surface area (Å²) in [6.07, 6.45) is 6.67. The third kappa shape index (κ3) is 4.97. The van der Waals surface area contributed by atoms with Crippen molar-refractivity contribution in [3.05, 3.63) is 16.2 Å². The molecule has 3 heterocycles. The Morgan fingerprint density at radius 3 is 1.58 bits per heavy atom. The van der Waals surface area contributed by atoms with E-state index in [0.717, 1.165) is 26.2 Å². The van der Waals surface area contributed by atoms with Gasteiger partial charge in [-0.05, 0) is 13.1 Å². The number of rotatable bonds is 2. The van der Waals surface area contributed by atoms with Crippen molar-refractivity contribution in [3.8, 4) is 0 Å². The molecular weight excluding hydrogens is 332 g/mol. The molecule has 2 atom stereocenters. The maximum absolute atomic E-state index is 4.91. The van der Waals surface area contributed by atoms with Crippen molar-refractivity contribution in [2.24, 2.45) is 0 Å². The van der Waals surface area contributed by atoms with Crippen molar-refractivity contribution in [3.63, 3.8) is 0 Å². The van der Waals surface area contributed by atoms with Crippen LogP contribution in [-0.2, 0) is 16.5 Å². The second-order valence-corrected chi connectivity index (χ2v) is 4.80. The first-order chi connectivity index (χ1) is 7.93. The molecule has 3 fully saturated rings. The van der Waals surface area contributed by atoms with E-state index in [1.165, 1.54) is 32.1 Å². The van der Waals surface area contributed by atoms with E-state index in [0.29, 0.717) is 12.3 Å². The van der Waals surface area contributed by atoms with Crippen LogP contribution in [0.5, 0.6) is 0 Å². The Morgan fingerprint density at radius 2 is 1.21 bits per heavy atom. The summed E-state index contributed by atoms with van der Waals surface area (Å²) in [4.78, 5) is 0.